The van der Waals surface area contributed by atoms with Crippen molar-refractivity contribution >= 4 is 17.6 Å². The number of hydrogen-bond donors (Lipinski definition) is 3. The van der Waals surface area contributed by atoms with Gasteiger partial charge in [-0.15, -0.1) is 0 Å². The highest BCUT2D eigenvalue weighted by atomic mass is 16.4. The Labute approximate surface area is 125 Å². The molecule has 0 aliphatic carbocycles. The van der Waals surface area contributed by atoms with Crippen molar-refractivity contribution in [2.24, 2.45) is 0 Å². The van der Waals surface area contributed by atoms with Crippen molar-refractivity contribution in [1.82, 2.24) is 0 Å². The van der Waals surface area contributed by atoms with Gasteiger partial charge in [-0.25, -0.2) is 9.59 Å². The maximum atomic E-state index is 11.0. The van der Waals surface area contributed by atoms with Gasteiger partial charge in [0.2, 0.25) is 0 Å². The van der Waals surface area contributed by atoms with Crippen LogP contribution in [-0.2, 0) is 0 Å². The number of rotatable bonds is 10. The van der Waals surface area contributed by atoms with E-state index in [2.05, 4.69) is 12.2 Å². The highest BCUT2D eigenvalue weighted by Gasteiger charge is 2.11. The van der Waals surface area contributed by atoms with Gasteiger partial charge in [0.15, 0.2) is 0 Å². The number of nitrogens with one attached hydrogen (secondary N) is 1. The number of anilines is 1. The van der Waals surface area contributed by atoms with Gasteiger partial charge in [-0.2, -0.15) is 0 Å². The van der Waals surface area contributed by atoms with E-state index in [0.29, 0.717) is 12.2 Å². The Morgan fingerprint density at radius 2 is 1.43 bits per heavy atom. The highest BCUT2D eigenvalue weighted by molar-refractivity contribution is 5.95. The molecule has 116 valence electrons. The minimum Gasteiger partial charge on any atom is -0.478 e. The first-order valence-corrected chi connectivity index (χ1v) is 7.40. The zero-order valence-electron chi connectivity index (χ0n) is 12.4. The molecular weight excluding hydrogens is 270 g/mol. The first kappa shape index (κ1) is 17.0. The van der Waals surface area contributed by atoms with Crippen molar-refractivity contribution in [3.05, 3.63) is 29.3 Å². The van der Waals surface area contributed by atoms with Gasteiger partial charge in [0, 0.05) is 12.2 Å². The van der Waals surface area contributed by atoms with E-state index in [4.69, 9.17) is 10.2 Å². The van der Waals surface area contributed by atoms with Crippen molar-refractivity contribution in [1.29, 1.82) is 0 Å². The molecule has 0 aliphatic rings. The van der Waals surface area contributed by atoms with Gasteiger partial charge in [0.25, 0.3) is 0 Å². The third kappa shape index (κ3) is 6.29. The second kappa shape index (κ2) is 9.00. The molecule has 0 aromatic heterocycles. The molecule has 0 saturated carbocycles. The number of unbranched alkanes of at least 4 members (excludes halogenated alkanes) is 5. The van der Waals surface area contributed by atoms with E-state index in [9.17, 15) is 9.59 Å². The molecule has 0 aliphatic heterocycles. The first-order valence-electron chi connectivity index (χ1n) is 7.40. The van der Waals surface area contributed by atoms with Gasteiger partial charge < -0.3 is 15.5 Å². The number of carbonyl (C=O) groups is 2. The second-order valence-electron chi connectivity index (χ2n) is 5.10. The molecule has 5 heteroatoms. The average molecular weight is 293 g/mol. The largest absolute Gasteiger partial charge is 0.478 e. The van der Waals surface area contributed by atoms with E-state index >= 15 is 0 Å². The highest BCUT2D eigenvalue weighted by Crippen LogP contribution is 2.16. The Morgan fingerprint density at radius 3 is 1.95 bits per heavy atom. The Bertz CT molecular complexity index is 453. The summed E-state index contributed by atoms with van der Waals surface area (Å²) in [7, 11) is 0. The lowest BCUT2D eigenvalue weighted by Gasteiger charge is -2.08. The predicted molar refractivity (Wildman–Crippen MR) is 82.2 cm³/mol. The van der Waals surface area contributed by atoms with Crippen LogP contribution in [0.4, 0.5) is 5.69 Å². The van der Waals surface area contributed by atoms with E-state index in [1.54, 1.807) is 0 Å². The monoisotopic (exact) mass is 293 g/mol. The van der Waals surface area contributed by atoms with Gasteiger partial charge in [0.1, 0.15) is 0 Å². The maximum Gasteiger partial charge on any atom is 0.335 e. The molecule has 0 radical (unpaired) electrons. The molecule has 0 unspecified atom stereocenters. The molecule has 3 N–H and O–H groups in total. The lowest BCUT2D eigenvalue weighted by Crippen LogP contribution is -2.07. The second-order valence-corrected chi connectivity index (χ2v) is 5.10. The molecule has 1 aromatic rings. The molecule has 0 atom stereocenters. The van der Waals surface area contributed by atoms with E-state index in [-0.39, 0.29) is 11.1 Å². The van der Waals surface area contributed by atoms with Crippen LogP contribution in [0.25, 0.3) is 0 Å². The number of benzene rings is 1. The average Bonchev–Trinajstić information content (AvgIpc) is 2.46. The van der Waals surface area contributed by atoms with Gasteiger partial charge in [-0.1, -0.05) is 39.0 Å². The first-order chi connectivity index (χ1) is 10.0. The van der Waals surface area contributed by atoms with Crippen LogP contribution in [-0.4, -0.2) is 28.7 Å². The van der Waals surface area contributed by atoms with Crippen LogP contribution in [0.3, 0.4) is 0 Å². The van der Waals surface area contributed by atoms with E-state index in [0.717, 1.165) is 12.8 Å². The number of aromatic carboxylic acids is 2. The molecule has 0 amide bonds. The van der Waals surface area contributed by atoms with Gasteiger partial charge in [-0.05, 0) is 24.6 Å². The molecule has 1 aromatic carbocycles. The topological polar surface area (TPSA) is 86.6 Å². The smallest absolute Gasteiger partial charge is 0.335 e. The molecule has 5 nitrogen and oxygen atoms in total. The van der Waals surface area contributed by atoms with Crippen molar-refractivity contribution in [2.45, 2.75) is 45.4 Å². The number of hydrogen-bond acceptors (Lipinski definition) is 3. The normalized spacial score (nSPS) is 10.3. The van der Waals surface area contributed by atoms with E-state index < -0.39 is 11.9 Å². The maximum absolute atomic E-state index is 11.0. The molecular formula is C16H23NO4. The van der Waals surface area contributed by atoms with Crippen molar-refractivity contribution in [3.8, 4) is 0 Å². The minimum absolute atomic E-state index is 0.0136. The zero-order chi connectivity index (χ0) is 15.7. The van der Waals surface area contributed by atoms with Crippen molar-refractivity contribution in [3.63, 3.8) is 0 Å². The summed E-state index contributed by atoms with van der Waals surface area (Å²) in [5.41, 5.74) is 0.515. The summed E-state index contributed by atoms with van der Waals surface area (Å²) >= 11 is 0. The van der Waals surface area contributed by atoms with Crippen LogP contribution >= 0.6 is 0 Å². The Balaban J connectivity index is 2.50. The van der Waals surface area contributed by atoms with Gasteiger partial charge >= 0.3 is 11.9 Å². The summed E-state index contributed by atoms with van der Waals surface area (Å²) in [6, 6.07) is 4.10. The number of carboxylic acids is 2. The lowest BCUT2D eigenvalue weighted by molar-refractivity contribution is 0.0696. The van der Waals surface area contributed by atoms with Crippen molar-refractivity contribution in [2.75, 3.05) is 11.9 Å². The third-order valence-electron chi connectivity index (χ3n) is 3.29. The molecule has 0 bridgehead atoms. The van der Waals surface area contributed by atoms with Crippen LogP contribution in [0.1, 0.15) is 66.2 Å². The summed E-state index contributed by atoms with van der Waals surface area (Å²) < 4.78 is 0. The fourth-order valence-corrected chi connectivity index (χ4v) is 2.11. The zero-order valence-corrected chi connectivity index (χ0v) is 12.4. The molecule has 1 rings (SSSR count). The van der Waals surface area contributed by atoms with Gasteiger partial charge in [-0.3, -0.25) is 0 Å². The summed E-state index contributed by atoms with van der Waals surface area (Å²) in [6.45, 7) is 2.89. The fourth-order valence-electron chi connectivity index (χ4n) is 2.11. The summed E-state index contributed by atoms with van der Waals surface area (Å²) in [6.07, 6.45) is 7.04. The quantitative estimate of drug-likeness (QED) is 0.570. The van der Waals surface area contributed by atoms with Crippen LogP contribution in [0, 0.1) is 0 Å². The summed E-state index contributed by atoms with van der Waals surface area (Å²) in [5.74, 6) is -2.25. The van der Waals surface area contributed by atoms with Crippen LogP contribution in [0.2, 0.25) is 0 Å². The molecule has 0 heterocycles. The van der Waals surface area contributed by atoms with E-state index in [1.165, 1.54) is 43.9 Å². The van der Waals surface area contributed by atoms with Crippen LogP contribution in [0.5, 0.6) is 0 Å². The SMILES string of the molecule is CCCCCCCCNc1cc(C(=O)O)cc(C(=O)O)c1. The molecule has 0 saturated heterocycles. The van der Waals surface area contributed by atoms with Crippen molar-refractivity contribution < 1.29 is 19.8 Å². The lowest BCUT2D eigenvalue weighted by atomic mass is 10.1. The summed E-state index contributed by atoms with van der Waals surface area (Å²) in [5, 5.41) is 21.1. The van der Waals surface area contributed by atoms with Crippen LogP contribution < -0.4 is 5.32 Å². The van der Waals surface area contributed by atoms with Crippen LogP contribution in [0.15, 0.2) is 18.2 Å². The Morgan fingerprint density at radius 1 is 0.905 bits per heavy atom. The molecule has 0 fully saturated rings. The molecule has 21 heavy (non-hydrogen) atoms. The Kier molecular flexibility index (Phi) is 7.29. The standard InChI is InChI=1S/C16H23NO4/c1-2-3-4-5-6-7-8-17-14-10-12(15(18)19)9-13(11-14)16(20)21/h9-11,17H,2-8H2,1H3,(H,18,19)(H,20,21). The van der Waals surface area contributed by atoms with E-state index in [1.807, 2.05) is 0 Å². The fraction of sp³-hybridized carbons (Fsp3) is 0.500. The Hall–Kier alpha value is -2.04. The molecule has 0 spiro atoms. The summed E-state index contributed by atoms with van der Waals surface area (Å²) in [4.78, 5) is 22.0. The minimum atomic E-state index is -1.12. The number of carboxylic acid groups (broad SMARTS) is 2. The van der Waals surface area contributed by atoms with Gasteiger partial charge in [0.05, 0.1) is 11.1 Å². The predicted octanol–water partition coefficient (Wildman–Crippen LogP) is 3.86. The third-order valence-corrected chi connectivity index (χ3v) is 3.29.